The fraction of sp³-hybridized carbons (Fsp3) is 0.538. The van der Waals surface area contributed by atoms with E-state index >= 15 is 0 Å². The number of likely N-dealkylation sites (tertiary alicyclic amines) is 1. The normalized spacial score (nSPS) is 22.2. The molecule has 10 heteroatoms. The van der Waals surface area contributed by atoms with Gasteiger partial charge >= 0.3 is 0 Å². The molecule has 3 saturated heterocycles. The van der Waals surface area contributed by atoms with Crippen molar-refractivity contribution in [3.63, 3.8) is 0 Å². The van der Waals surface area contributed by atoms with Gasteiger partial charge in [0.05, 0.1) is 9.79 Å². The number of likely N-dealkylation sites (N-methyl/N-ethyl adjacent to an activating group) is 1. The molecule has 0 atom stereocenters. The van der Waals surface area contributed by atoms with E-state index in [0.717, 1.165) is 25.9 Å². The first kappa shape index (κ1) is 25.8. The van der Waals surface area contributed by atoms with Crippen molar-refractivity contribution in [1.82, 2.24) is 18.4 Å². The van der Waals surface area contributed by atoms with E-state index in [0.29, 0.717) is 56.4 Å². The van der Waals surface area contributed by atoms with Crippen LogP contribution in [0.4, 0.5) is 0 Å². The number of piperazine rings is 1. The number of piperidine rings is 1. The molecular formula is C26H36N4O4S2. The van der Waals surface area contributed by atoms with Gasteiger partial charge in [-0.05, 0) is 69.6 Å². The highest BCUT2D eigenvalue weighted by atomic mass is 32.2. The molecule has 0 saturated carbocycles. The molecule has 2 aromatic rings. The monoisotopic (exact) mass is 532 g/mol. The molecular weight excluding hydrogens is 496 g/mol. The molecule has 3 aliphatic heterocycles. The summed E-state index contributed by atoms with van der Waals surface area (Å²) >= 11 is 0. The molecule has 3 aliphatic rings. The van der Waals surface area contributed by atoms with Gasteiger partial charge in [-0.3, -0.25) is 0 Å². The van der Waals surface area contributed by atoms with Crippen molar-refractivity contribution in [3.05, 3.63) is 48.5 Å². The second-order valence-electron chi connectivity index (χ2n) is 10.1. The van der Waals surface area contributed by atoms with E-state index in [-0.39, 0.29) is 9.79 Å². The summed E-state index contributed by atoms with van der Waals surface area (Å²) in [4.78, 5) is 5.05. The number of hydrogen-bond acceptors (Lipinski definition) is 6. The van der Waals surface area contributed by atoms with Gasteiger partial charge in [0.1, 0.15) is 0 Å². The molecule has 0 unspecified atom stereocenters. The highest BCUT2D eigenvalue weighted by Crippen LogP contribution is 2.32. The SMILES string of the molecule is CN1CCN(S(=O)(=O)c2ccccc2-c2cccc(S(=O)(=O)N3CCC(N4CCCC4)CC3)c2)CC1. The summed E-state index contributed by atoms with van der Waals surface area (Å²) in [6.45, 7) is 5.52. The van der Waals surface area contributed by atoms with Crippen molar-refractivity contribution in [2.45, 2.75) is 41.5 Å². The van der Waals surface area contributed by atoms with Crippen LogP contribution in [0.25, 0.3) is 11.1 Å². The quantitative estimate of drug-likeness (QED) is 0.569. The Morgan fingerprint density at radius 3 is 2.03 bits per heavy atom. The fourth-order valence-electron chi connectivity index (χ4n) is 5.63. The van der Waals surface area contributed by atoms with Gasteiger partial charge < -0.3 is 9.80 Å². The summed E-state index contributed by atoms with van der Waals surface area (Å²) in [6, 6.07) is 14.1. The number of rotatable bonds is 6. The van der Waals surface area contributed by atoms with Crippen LogP contribution in [-0.4, -0.2) is 101 Å². The van der Waals surface area contributed by atoms with E-state index in [1.54, 1.807) is 52.8 Å². The predicted octanol–water partition coefficient (Wildman–Crippen LogP) is 2.54. The summed E-state index contributed by atoms with van der Waals surface area (Å²) in [6.07, 6.45) is 4.17. The zero-order chi connectivity index (χ0) is 25.3. The van der Waals surface area contributed by atoms with Crippen molar-refractivity contribution in [2.75, 3.05) is 59.4 Å². The lowest BCUT2D eigenvalue weighted by Gasteiger charge is -2.36. The largest absolute Gasteiger partial charge is 0.304 e. The first-order chi connectivity index (χ1) is 17.3. The smallest absolute Gasteiger partial charge is 0.243 e. The van der Waals surface area contributed by atoms with E-state index in [1.165, 1.54) is 17.1 Å². The molecule has 0 radical (unpaired) electrons. The lowest BCUT2D eigenvalue weighted by molar-refractivity contribution is 0.168. The summed E-state index contributed by atoms with van der Waals surface area (Å²) in [5, 5.41) is 0. The van der Waals surface area contributed by atoms with Crippen molar-refractivity contribution in [2.24, 2.45) is 0 Å². The second-order valence-corrected chi connectivity index (χ2v) is 14.0. The van der Waals surface area contributed by atoms with Crippen LogP contribution in [-0.2, 0) is 20.0 Å². The first-order valence-electron chi connectivity index (χ1n) is 12.9. The minimum absolute atomic E-state index is 0.214. The average molecular weight is 533 g/mol. The Labute approximate surface area is 215 Å². The number of benzene rings is 2. The average Bonchev–Trinajstić information content (AvgIpc) is 3.44. The maximum absolute atomic E-state index is 13.5. The van der Waals surface area contributed by atoms with Gasteiger partial charge in [-0.2, -0.15) is 8.61 Å². The summed E-state index contributed by atoms with van der Waals surface area (Å²) in [7, 11) is -5.39. The summed E-state index contributed by atoms with van der Waals surface area (Å²) < 4.78 is 57.3. The Bertz CT molecular complexity index is 1280. The maximum Gasteiger partial charge on any atom is 0.243 e. The Hall–Kier alpha value is -1.82. The van der Waals surface area contributed by atoms with Crippen LogP contribution >= 0.6 is 0 Å². The molecule has 3 fully saturated rings. The third-order valence-corrected chi connectivity index (χ3v) is 11.7. The second kappa shape index (κ2) is 10.5. The number of nitrogens with zero attached hydrogens (tertiary/aromatic N) is 4. The minimum Gasteiger partial charge on any atom is -0.304 e. The van der Waals surface area contributed by atoms with Crippen LogP contribution in [0.1, 0.15) is 25.7 Å². The lowest BCUT2D eigenvalue weighted by Crippen LogP contribution is -2.47. The molecule has 0 N–H and O–H groups in total. The number of hydrogen-bond donors (Lipinski definition) is 0. The first-order valence-corrected chi connectivity index (χ1v) is 15.8. The molecule has 0 spiro atoms. The molecule has 196 valence electrons. The lowest BCUT2D eigenvalue weighted by atomic mass is 10.1. The van der Waals surface area contributed by atoms with Gasteiger partial charge in [-0.15, -0.1) is 0 Å². The zero-order valence-electron chi connectivity index (χ0n) is 20.9. The Morgan fingerprint density at radius 2 is 1.33 bits per heavy atom. The van der Waals surface area contributed by atoms with Crippen molar-refractivity contribution in [3.8, 4) is 11.1 Å². The molecule has 0 bridgehead atoms. The van der Waals surface area contributed by atoms with Crippen LogP contribution in [0.15, 0.2) is 58.3 Å². The maximum atomic E-state index is 13.5. The minimum atomic E-state index is -3.71. The highest BCUT2D eigenvalue weighted by Gasteiger charge is 2.33. The van der Waals surface area contributed by atoms with Crippen LogP contribution < -0.4 is 0 Å². The Morgan fingerprint density at radius 1 is 0.694 bits per heavy atom. The molecule has 36 heavy (non-hydrogen) atoms. The molecule has 0 aliphatic carbocycles. The number of sulfonamides is 2. The van der Waals surface area contributed by atoms with Crippen molar-refractivity contribution in [1.29, 1.82) is 0 Å². The van der Waals surface area contributed by atoms with Gasteiger partial charge in [0.15, 0.2) is 0 Å². The molecule has 0 aromatic heterocycles. The van der Waals surface area contributed by atoms with E-state index in [2.05, 4.69) is 9.80 Å². The van der Waals surface area contributed by atoms with Gasteiger partial charge in [-0.25, -0.2) is 16.8 Å². The van der Waals surface area contributed by atoms with Gasteiger partial charge in [0, 0.05) is 50.9 Å². The van der Waals surface area contributed by atoms with Crippen LogP contribution in [0.3, 0.4) is 0 Å². The zero-order valence-corrected chi connectivity index (χ0v) is 22.6. The van der Waals surface area contributed by atoms with Crippen molar-refractivity contribution >= 4 is 20.0 Å². The molecule has 2 aromatic carbocycles. The fourth-order valence-corrected chi connectivity index (χ4v) is 8.78. The predicted molar refractivity (Wildman–Crippen MR) is 141 cm³/mol. The van der Waals surface area contributed by atoms with E-state index in [4.69, 9.17) is 0 Å². The van der Waals surface area contributed by atoms with Gasteiger partial charge in [0.2, 0.25) is 20.0 Å². The van der Waals surface area contributed by atoms with Crippen LogP contribution in [0.2, 0.25) is 0 Å². The third-order valence-electron chi connectivity index (χ3n) is 7.83. The molecule has 0 amide bonds. The Kier molecular flexibility index (Phi) is 7.54. The standard InChI is InChI=1S/C26H36N4O4S2/c1-27-17-19-30(20-18-27)36(33,34)26-10-3-2-9-25(26)22-7-6-8-24(21-22)35(31,32)29-15-11-23(12-16-29)28-13-4-5-14-28/h2-3,6-10,21,23H,4-5,11-20H2,1H3. The summed E-state index contributed by atoms with van der Waals surface area (Å²) in [5.74, 6) is 0. The van der Waals surface area contributed by atoms with E-state index in [1.807, 2.05) is 7.05 Å². The third kappa shape index (κ3) is 5.12. The molecule has 3 heterocycles. The topological polar surface area (TPSA) is 81.2 Å². The Balaban J connectivity index is 1.39. The van der Waals surface area contributed by atoms with Crippen LogP contribution in [0, 0.1) is 0 Å². The molecule has 8 nitrogen and oxygen atoms in total. The summed E-state index contributed by atoms with van der Waals surface area (Å²) in [5.41, 5.74) is 1.12. The van der Waals surface area contributed by atoms with E-state index < -0.39 is 20.0 Å². The van der Waals surface area contributed by atoms with Crippen LogP contribution in [0.5, 0.6) is 0 Å². The van der Waals surface area contributed by atoms with Gasteiger partial charge in [0.25, 0.3) is 0 Å². The van der Waals surface area contributed by atoms with E-state index in [9.17, 15) is 16.8 Å². The molecule has 5 rings (SSSR count). The van der Waals surface area contributed by atoms with Gasteiger partial charge in [-0.1, -0.05) is 30.3 Å². The van der Waals surface area contributed by atoms with Crippen molar-refractivity contribution < 1.29 is 16.8 Å². The highest BCUT2D eigenvalue weighted by molar-refractivity contribution is 7.89.